The fourth-order valence-electron chi connectivity index (χ4n) is 2.00. The van der Waals surface area contributed by atoms with Gasteiger partial charge in [-0.3, -0.25) is 4.79 Å². The van der Waals surface area contributed by atoms with Crippen molar-refractivity contribution in [1.29, 1.82) is 0 Å². The van der Waals surface area contributed by atoms with E-state index in [1.54, 1.807) is 28.1 Å². The molecule has 0 fully saturated rings. The van der Waals surface area contributed by atoms with E-state index in [1.807, 2.05) is 25.2 Å². The molecule has 0 radical (unpaired) electrons. The van der Waals surface area contributed by atoms with Gasteiger partial charge < -0.3 is 4.57 Å². The Hall–Kier alpha value is -0.870. The minimum absolute atomic E-state index is 0.122. The number of fused-ring (bicyclic) bond motifs is 1. The van der Waals surface area contributed by atoms with Gasteiger partial charge in [0.05, 0.1) is 10.4 Å². The summed E-state index contributed by atoms with van der Waals surface area (Å²) < 4.78 is 1.76. The second-order valence-electron chi connectivity index (χ2n) is 3.91. The summed E-state index contributed by atoms with van der Waals surface area (Å²) >= 11 is 3.40. The maximum Gasteiger partial charge on any atom is 0.265 e. The second-order valence-corrected chi connectivity index (χ2v) is 6.45. The van der Waals surface area contributed by atoms with Crippen LogP contribution in [0.2, 0.25) is 0 Å². The molecule has 0 saturated carbocycles. The van der Waals surface area contributed by atoms with Gasteiger partial charge in [0.1, 0.15) is 0 Å². The fraction of sp³-hybridized carbons (Fsp3) is 0.357. The van der Waals surface area contributed by atoms with E-state index in [-0.39, 0.29) is 5.56 Å². The van der Waals surface area contributed by atoms with Gasteiger partial charge in [-0.15, -0.1) is 23.5 Å². The van der Waals surface area contributed by atoms with Crippen LogP contribution in [-0.4, -0.2) is 16.1 Å². The lowest BCUT2D eigenvalue weighted by Crippen LogP contribution is -2.20. The molecular weight excluding hydrogens is 262 g/mol. The first-order chi connectivity index (χ1) is 8.70. The molecule has 2 rings (SSSR count). The van der Waals surface area contributed by atoms with Gasteiger partial charge in [-0.05, 0) is 17.6 Å². The van der Waals surface area contributed by atoms with Crippen LogP contribution in [0.4, 0.5) is 0 Å². The highest BCUT2D eigenvalue weighted by Gasteiger charge is 2.14. The Kier molecular flexibility index (Phi) is 4.40. The molecular formula is C14H17NOS2. The summed E-state index contributed by atoms with van der Waals surface area (Å²) in [5.41, 5.74) is 1.13. The fourth-order valence-corrected chi connectivity index (χ4v) is 3.98. The predicted octanol–water partition coefficient (Wildman–Crippen LogP) is 3.76. The zero-order valence-corrected chi connectivity index (χ0v) is 12.5. The van der Waals surface area contributed by atoms with Crippen LogP contribution < -0.4 is 5.56 Å². The third-order valence-electron chi connectivity index (χ3n) is 2.79. The van der Waals surface area contributed by atoms with Crippen molar-refractivity contribution in [2.45, 2.75) is 23.6 Å². The van der Waals surface area contributed by atoms with Gasteiger partial charge in [-0.25, -0.2) is 0 Å². The Morgan fingerprint density at radius 3 is 2.33 bits per heavy atom. The Morgan fingerprint density at radius 2 is 1.67 bits per heavy atom. The van der Waals surface area contributed by atoms with Gasteiger partial charge in [-0.2, -0.15) is 0 Å². The van der Waals surface area contributed by atoms with Crippen LogP contribution in [0.3, 0.4) is 0 Å². The molecule has 0 aliphatic heterocycles. The Bertz CT molecular complexity index is 619. The largest absolute Gasteiger partial charge is 0.310 e. The predicted molar refractivity (Wildman–Crippen MR) is 82.0 cm³/mol. The van der Waals surface area contributed by atoms with Crippen LogP contribution in [0.1, 0.15) is 13.8 Å². The van der Waals surface area contributed by atoms with Crippen molar-refractivity contribution < 1.29 is 0 Å². The van der Waals surface area contributed by atoms with E-state index >= 15 is 0 Å². The van der Waals surface area contributed by atoms with E-state index in [9.17, 15) is 4.79 Å². The maximum absolute atomic E-state index is 12.4. The number of thioether (sulfide) groups is 2. The molecule has 0 unspecified atom stereocenters. The van der Waals surface area contributed by atoms with E-state index in [4.69, 9.17) is 0 Å². The monoisotopic (exact) mass is 279 g/mol. The molecule has 0 aliphatic carbocycles. The van der Waals surface area contributed by atoms with Crippen LogP contribution in [0.25, 0.3) is 10.9 Å². The molecule has 1 aromatic carbocycles. The summed E-state index contributed by atoms with van der Waals surface area (Å²) in [4.78, 5) is 14.4. The highest BCUT2D eigenvalue weighted by Crippen LogP contribution is 2.34. The van der Waals surface area contributed by atoms with Crippen LogP contribution in [-0.2, 0) is 7.05 Å². The number of hydrogen-bond donors (Lipinski definition) is 0. The first-order valence-corrected chi connectivity index (χ1v) is 8.05. The third kappa shape index (κ3) is 2.31. The molecule has 2 aromatic rings. The smallest absolute Gasteiger partial charge is 0.265 e. The van der Waals surface area contributed by atoms with Crippen molar-refractivity contribution in [3.63, 3.8) is 0 Å². The molecule has 1 aromatic heterocycles. The second kappa shape index (κ2) is 5.85. The highest BCUT2D eigenvalue weighted by atomic mass is 32.2. The maximum atomic E-state index is 12.4. The Balaban J connectivity index is 2.84. The molecule has 4 heteroatoms. The number of benzene rings is 1. The molecule has 96 valence electrons. The summed E-state index contributed by atoms with van der Waals surface area (Å²) in [7, 11) is 1.85. The minimum Gasteiger partial charge on any atom is -0.310 e. The lowest BCUT2D eigenvalue weighted by atomic mass is 10.2. The average molecular weight is 279 g/mol. The number of rotatable bonds is 4. The number of pyridine rings is 1. The Labute approximate surface area is 116 Å². The highest BCUT2D eigenvalue weighted by molar-refractivity contribution is 8.02. The molecule has 0 aliphatic rings. The standard InChI is InChI=1S/C14H17NOS2/c1-4-17-12-10-8-6-7-9-11(10)15(3)14(16)13(12)18-5-2/h6-9H,4-5H2,1-3H3. The zero-order chi connectivity index (χ0) is 13.1. The topological polar surface area (TPSA) is 22.0 Å². The van der Waals surface area contributed by atoms with Crippen LogP contribution in [0.15, 0.2) is 38.9 Å². The Morgan fingerprint density at radius 1 is 1.06 bits per heavy atom. The van der Waals surface area contributed by atoms with Gasteiger partial charge in [-0.1, -0.05) is 32.0 Å². The average Bonchev–Trinajstić information content (AvgIpc) is 2.40. The van der Waals surface area contributed by atoms with Crippen LogP contribution in [0.5, 0.6) is 0 Å². The molecule has 0 atom stereocenters. The summed E-state index contributed by atoms with van der Waals surface area (Å²) in [6.07, 6.45) is 0. The molecule has 1 heterocycles. The van der Waals surface area contributed by atoms with Gasteiger partial charge in [0.25, 0.3) is 5.56 Å². The normalized spacial score (nSPS) is 11.1. The summed E-state index contributed by atoms with van der Waals surface area (Å²) in [5.74, 6) is 1.90. The summed E-state index contributed by atoms with van der Waals surface area (Å²) in [6, 6.07) is 8.13. The van der Waals surface area contributed by atoms with Crippen molar-refractivity contribution in [3.05, 3.63) is 34.6 Å². The van der Waals surface area contributed by atoms with E-state index < -0.39 is 0 Å². The van der Waals surface area contributed by atoms with Gasteiger partial charge in [0.15, 0.2) is 0 Å². The van der Waals surface area contributed by atoms with Crippen molar-refractivity contribution >= 4 is 34.4 Å². The molecule has 0 saturated heterocycles. The number of nitrogens with zero attached hydrogens (tertiary/aromatic N) is 1. The molecule has 0 spiro atoms. The molecule has 2 nitrogen and oxygen atoms in total. The molecule has 18 heavy (non-hydrogen) atoms. The van der Waals surface area contributed by atoms with Crippen molar-refractivity contribution in [2.75, 3.05) is 11.5 Å². The molecule has 0 N–H and O–H groups in total. The molecule has 0 amide bonds. The minimum atomic E-state index is 0.122. The van der Waals surface area contributed by atoms with Crippen LogP contribution in [0, 0.1) is 0 Å². The van der Waals surface area contributed by atoms with E-state index in [0.717, 1.165) is 26.8 Å². The van der Waals surface area contributed by atoms with Crippen molar-refractivity contribution in [1.82, 2.24) is 4.57 Å². The lowest BCUT2D eigenvalue weighted by Gasteiger charge is -2.13. The first kappa shape index (κ1) is 13.6. The van der Waals surface area contributed by atoms with Gasteiger partial charge in [0, 0.05) is 17.3 Å². The summed E-state index contributed by atoms with van der Waals surface area (Å²) in [5, 5.41) is 1.18. The SMILES string of the molecule is CCSc1c(SCC)c2ccccc2n(C)c1=O. The zero-order valence-electron chi connectivity index (χ0n) is 10.9. The number of hydrogen-bond acceptors (Lipinski definition) is 3. The summed E-state index contributed by atoms with van der Waals surface area (Å²) in [6.45, 7) is 4.21. The van der Waals surface area contributed by atoms with Crippen molar-refractivity contribution in [2.24, 2.45) is 7.05 Å². The molecule has 0 bridgehead atoms. The van der Waals surface area contributed by atoms with E-state index in [1.165, 1.54) is 5.39 Å². The number of aromatic nitrogens is 1. The first-order valence-electron chi connectivity index (χ1n) is 6.08. The van der Waals surface area contributed by atoms with Crippen LogP contribution >= 0.6 is 23.5 Å². The number of para-hydroxylation sites is 1. The van der Waals surface area contributed by atoms with Crippen molar-refractivity contribution in [3.8, 4) is 0 Å². The van der Waals surface area contributed by atoms with E-state index in [2.05, 4.69) is 19.9 Å². The van der Waals surface area contributed by atoms with Gasteiger partial charge >= 0.3 is 0 Å². The quantitative estimate of drug-likeness (QED) is 0.796. The third-order valence-corrected chi connectivity index (χ3v) is 4.88. The van der Waals surface area contributed by atoms with Gasteiger partial charge in [0.2, 0.25) is 0 Å². The van der Waals surface area contributed by atoms with E-state index in [0.29, 0.717) is 0 Å². The lowest BCUT2D eigenvalue weighted by molar-refractivity contribution is 0.859. The number of aryl methyl sites for hydroxylation is 1.